The lowest BCUT2D eigenvalue weighted by atomic mass is 9.86. The standard InChI is InChI=1S/C15H21BrN2O/c1-10-4-3-5-12(8-10)18(2)15(19)13-9-11(17)6-7-14(13)16/h6-7,9-10,12H,3-5,8,17H2,1-2H3. The van der Waals surface area contributed by atoms with E-state index in [0.29, 0.717) is 23.2 Å². The van der Waals surface area contributed by atoms with Crippen molar-refractivity contribution in [1.29, 1.82) is 0 Å². The molecule has 1 aromatic rings. The van der Waals surface area contributed by atoms with Gasteiger partial charge in [-0.15, -0.1) is 0 Å². The lowest BCUT2D eigenvalue weighted by Crippen LogP contribution is -2.40. The largest absolute Gasteiger partial charge is 0.399 e. The Labute approximate surface area is 123 Å². The number of rotatable bonds is 2. The number of benzene rings is 1. The van der Waals surface area contributed by atoms with E-state index >= 15 is 0 Å². The number of nitrogen functional groups attached to an aromatic ring is 1. The fourth-order valence-corrected chi connectivity index (χ4v) is 3.23. The first-order valence-corrected chi connectivity index (χ1v) is 7.60. The fraction of sp³-hybridized carbons (Fsp3) is 0.533. The lowest BCUT2D eigenvalue weighted by molar-refractivity contribution is 0.0671. The van der Waals surface area contributed by atoms with Gasteiger partial charge in [0.2, 0.25) is 0 Å². The number of nitrogens with two attached hydrogens (primary N) is 1. The van der Waals surface area contributed by atoms with Crippen LogP contribution < -0.4 is 5.73 Å². The van der Waals surface area contributed by atoms with Gasteiger partial charge < -0.3 is 10.6 Å². The van der Waals surface area contributed by atoms with Crippen LogP contribution in [0.15, 0.2) is 22.7 Å². The minimum absolute atomic E-state index is 0.0540. The van der Waals surface area contributed by atoms with Gasteiger partial charge in [-0.1, -0.05) is 19.8 Å². The summed E-state index contributed by atoms with van der Waals surface area (Å²) in [4.78, 5) is 14.4. The van der Waals surface area contributed by atoms with Crippen LogP contribution in [0.1, 0.15) is 43.0 Å². The Morgan fingerprint density at radius 3 is 2.84 bits per heavy atom. The van der Waals surface area contributed by atoms with Crippen molar-refractivity contribution in [3.05, 3.63) is 28.2 Å². The predicted octanol–water partition coefficient (Wildman–Crippen LogP) is 3.68. The van der Waals surface area contributed by atoms with E-state index in [0.717, 1.165) is 17.3 Å². The zero-order chi connectivity index (χ0) is 14.0. The Hall–Kier alpha value is -1.03. The molecule has 1 aliphatic carbocycles. The third-order valence-corrected chi connectivity index (χ3v) is 4.69. The van der Waals surface area contributed by atoms with Gasteiger partial charge in [0.15, 0.2) is 0 Å². The molecule has 19 heavy (non-hydrogen) atoms. The number of hydrogen-bond donors (Lipinski definition) is 1. The summed E-state index contributed by atoms with van der Waals surface area (Å²) < 4.78 is 0.808. The highest BCUT2D eigenvalue weighted by molar-refractivity contribution is 9.10. The molecule has 0 saturated heterocycles. The summed E-state index contributed by atoms with van der Waals surface area (Å²) in [5.74, 6) is 0.761. The molecule has 0 aromatic heterocycles. The molecular formula is C15H21BrN2O. The SMILES string of the molecule is CC1CCCC(N(C)C(=O)c2cc(N)ccc2Br)C1. The molecular weight excluding hydrogens is 304 g/mol. The molecule has 0 aliphatic heterocycles. The third kappa shape index (κ3) is 3.30. The Morgan fingerprint density at radius 1 is 1.42 bits per heavy atom. The molecule has 2 atom stereocenters. The highest BCUT2D eigenvalue weighted by atomic mass is 79.9. The third-order valence-electron chi connectivity index (χ3n) is 4.00. The van der Waals surface area contributed by atoms with E-state index in [1.165, 1.54) is 12.8 Å². The van der Waals surface area contributed by atoms with Crippen molar-refractivity contribution >= 4 is 27.5 Å². The summed E-state index contributed by atoms with van der Waals surface area (Å²) in [6, 6.07) is 5.73. The van der Waals surface area contributed by atoms with Crippen molar-refractivity contribution in [2.45, 2.75) is 38.6 Å². The van der Waals surface area contributed by atoms with Gasteiger partial charge in [-0.25, -0.2) is 0 Å². The number of anilines is 1. The van der Waals surface area contributed by atoms with Gasteiger partial charge in [0.25, 0.3) is 5.91 Å². The number of nitrogens with zero attached hydrogens (tertiary/aromatic N) is 1. The molecule has 2 rings (SSSR count). The van der Waals surface area contributed by atoms with Crippen LogP contribution in [0.4, 0.5) is 5.69 Å². The van der Waals surface area contributed by atoms with Gasteiger partial charge in [0, 0.05) is 23.2 Å². The monoisotopic (exact) mass is 324 g/mol. The molecule has 3 nitrogen and oxygen atoms in total. The summed E-state index contributed by atoms with van der Waals surface area (Å²) in [6.45, 7) is 2.26. The van der Waals surface area contributed by atoms with Crippen LogP contribution >= 0.6 is 15.9 Å². The minimum atomic E-state index is 0.0540. The molecule has 1 saturated carbocycles. The molecule has 2 unspecified atom stereocenters. The molecule has 4 heteroatoms. The second-order valence-electron chi connectivity index (χ2n) is 5.58. The van der Waals surface area contributed by atoms with Gasteiger partial charge in [-0.3, -0.25) is 4.79 Å². The van der Waals surface area contributed by atoms with Crippen molar-refractivity contribution in [3.63, 3.8) is 0 Å². The van der Waals surface area contributed by atoms with E-state index in [-0.39, 0.29) is 5.91 Å². The van der Waals surface area contributed by atoms with E-state index in [1.807, 2.05) is 18.0 Å². The molecule has 1 fully saturated rings. The number of amides is 1. The van der Waals surface area contributed by atoms with Crippen LogP contribution in [0.5, 0.6) is 0 Å². The van der Waals surface area contributed by atoms with Crippen molar-refractivity contribution in [2.24, 2.45) is 5.92 Å². The predicted molar refractivity (Wildman–Crippen MR) is 82.1 cm³/mol. The number of carbonyl (C=O) groups is 1. The van der Waals surface area contributed by atoms with Crippen LogP contribution in [0.25, 0.3) is 0 Å². The van der Waals surface area contributed by atoms with Crippen molar-refractivity contribution in [2.75, 3.05) is 12.8 Å². The Morgan fingerprint density at radius 2 is 2.16 bits per heavy atom. The van der Waals surface area contributed by atoms with Gasteiger partial charge in [0.1, 0.15) is 0 Å². The van der Waals surface area contributed by atoms with Crippen molar-refractivity contribution < 1.29 is 4.79 Å². The van der Waals surface area contributed by atoms with Crippen LogP contribution in [0, 0.1) is 5.92 Å². The molecule has 1 aromatic carbocycles. The quantitative estimate of drug-likeness (QED) is 0.843. The Bertz CT molecular complexity index is 475. The maximum atomic E-state index is 12.6. The second kappa shape index (κ2) is 5.95. The highest BCUT2D eigenvalue weighted by Crippen LogP contribution is 2.29. The van der Waals surface area contributed by atoms with Crippen LogP contribution in [-0.4, -0.2) is 23.9 Å². The average molecular weight is 325 g/mol. The van der Waals surface area contributed by atoms with Crippen LogP contribution in [0.2, 0.25) is 0 Å². The van der Waals surface area contributed by atoms with Crippen LogP contribution in [-0.2, 0) is 0 Å². The molecule has 2 N–H and O–H groups in total. The van der Waals surface area contributed by atoms with Gasteiger partial charge in [-0.05, 0) is 52.9 Å². The van der Waals surface area contributed by atoms with E-state index in [2.05, 4.69) is 22.9 Å². The van der Waals surface area contributed by atoms with Gasteiger partial charge >= 0.3 is 0 Å². The average Bonchev–Trinajstić information content (AvgIpc) is 2.40. The maximum Gasteiger partial charge on any atom is 0.255 e. The molecule has 104 valence electrons. The fourth-order valence-electron chi connectivity index (χ4n) is 2.82. The summed E-state index contributed by atoms with van der Waals surface area (Å²) in [5.41, 5.74) is 7.05. The first kappa shape index (κ1) is 14.4. The molecule has 0 bridgehead atoms. The smallest absolute Gasteiger partial charge is 0.255 e. The number of hydrogen-bond acceptors (Lipinski definition) is 2. The van der Waals surface area contributed by atoms with E-state index in [9.17, 15) is 4.79 Å². The lowest BCUT2D eigenvalue weighted by Gasteiger charge is -2.34. The summed E-state index contributed by atoms with van der Waals surface area (Å²) in [7, 11) is 1.90. The number of halogens is 1. The second-order valence-corrected chi connectivity index (χ2v) is 6.44. The molecule has 0 spiro atoms. The summed E-state index contributed by atoms with van der Waals surface area (Å²) in [5, 5.41) is 0. The highest BCUT2D eigenvalue weighted by Gasteiger charge is 2.26. The van der Waals surface area contributed by atoms with Crippen LogP contribution in [0.3, 0.4) is 0 Å². The molecule has 1 aliphatic rings. The number of carbonyl (C=O) groups excluding carboxylic acids is 1. The molecule has 1 amide bonds. The molecule has 0 heterocycles. The van der Waals surface area contributed by atoms with Gasteiger partial charge in [0.05, 0.1) is 5.56 Å². The van der Waals surface area contributed by atoms with Crippen molar-refractivity contribution in [1.82, 2.24) is 4.90 Å². The van der Waals surface area contributed by atoms with E-state index in [4.69, 9.17) is 5.73 Å². The zero-order valence-electron chi connectivity index (χ0n) is 11.5. The first-order valence-electron chi connectivity index (χ1n) is 6.81. The maximum absolute atomic E-state index is 12.6. The van der Waals surface area contributed by atoms with Gasteiger partial charge in [-0.2, -0.15) is 0 Å². The zero-order valence-corrected chi connectivity index (χ0v) is 13.1. The molecule has 0 radical (unpaired) electrons. The summed E-state index contributed by atoms with van der Waals surface area (Å²) >= 11 is 3.43. The van der Waals surface area contributed by atoms with E-state index < -0.39 is 0 Å². The Balaban J connectivity index is 2.16. The Kier molecular flexibility index (Phi) is 4.50. The van der Waals surface area contributed by atoms with Crippen molar-refractivity contribution in [3.8, 4) is 0 Å². The normalized spacial score (nSPS) is 23.1. The first-order chi connectivity index (χ1) is 8.99. The minimum Gasteiger partial charge on any atom is -0.399 e. The summed E-state index contributed by atoms with van der Waals surface area (Å²) in [6.07, 6.45) is 4.69. The topological polar surface area (TPSA) is 46.3 Å². The van der Waals surface area contributed by atoms with E-state index in [1.54, 1.807) is 12.1 Å².